The number of hydrogen-bond donors (Lipinski definition) is 1. The number of aromatic nitrogens is 2. The highest BCUT2D eigenvalue weighted by Crippen LogP contribution is 2.17. The summed E-state index contributed by atoms with van der Waals surface area (Å²) in [6.45, 7) is 7.81. The van der Waals surface area contributed by atoms with E-state index in [4.69, 9.17) is 5.73 Å². The molecule has 1 heterocycles. The zero-order valence-electron chi connectivity index (χ0n) is 9.07. The van der Waals surface area contributed by atoms with Gasteiger partial charge in [-0.3, -0.25) is 0 Å². The van der Waals surface area contributed by atoms with Crippen LogP contribution >= 0.6 is 0 Å². The van der Waals surface area contributed by atoms with Crippen molar-refractivity contribution in [2.75, 3.05) is 11.4 Å². The monoisotopic (exact) mass is 194 g/mol. The fraction of sp³-hybridized carbons (Fsp3) is 0.600. The summed E-state index contributed by atoms with van der Waals surface area (Å²) in [6, 6.07) is 2.34. The molecular formula is C10H18N4. The smallest absolute Gasteiger partial charge is 0.155 e. The highest BCUT2D eigenvalue weighted by Gasteiger charge is 2.13. The molecule has 0 unspecified atom stereocenters. The maximum Gasteiger partial charge on any atom is 0.155 e. The number of nitrogens with two attached hydrogens (primary N) is 1. The molecule has 2 N–H and O–H groups in total. The quantitative estimate of drug-likeness (QED) is 0.781. The second kappa shape index (κ2) is 4.91. The van der Waals surface area contributed by atoms with Crippen molar-refractivity contribution in [2.45, 2.75) is 33.4 Å². The summed E-state index contributed by atoms with van der Waals surface area (Å²) in [5.41, 5.74) is 6.70. The predicted octanol–water partition coefficient (Wildman–Crippen LogP) is 1.17. The third-order valence-electron chi connectivity index (χ3n) is 2.24. The average molecular weight is 194 g/mol. The first-order valence-electron chi connectivity index (χ1n) is 4.98. The molecule has 0 fully saturated rings. The Morgan fingerprint density at radius 2 is 2.21 bits per heavy atom. The van der Waals surface area contributed by atoms with Crippen LogP contribution in [-0.4, -0.2) is 22.8 Å². The van der Waals surface area contributed by atoms with Gasteiger partial charge in [0.25, 0.3) is 0 Å². The lowest BCUT2D eigenvalue weighted by Gasteiger charge is -2.27. The highest BCUT2D eigenvalue weighted by atomic mass is 15.3. The lowest BCUT2D eigenvalue weighted by molar-refractivity contribution is 0.680. The molecular weight excluding hydrogens is 176 g/mol. The zero-order chi connectivity index (χ0) is 10.6. The number of rotatable bonds is 4. The van der Waals surface area contributed by atoms with Gasteiger partial charge < -0.3 is 10.6 Å². The van der Waals surface area contributed by atoms with Crippen LogP contribution in [-0.2, 0) is 6.54 Å². The molecule has 78 valence electrons. The minimum absolute atomic E-state index is 0.419. The molecule has 1 aromatic rings. The van der Waals surface area contributed by atoms with Gasteiger partial charge in [0, 0.05) is 24.7 Å². The van der Waals surface area contributed by atoms with E-state index in [9.17, 15) is 0 Å². The maximum atomic E-state index is 5.65. The molecule has 0 amide bonds. The van der Waals surface area contributed by atoms with Gasteiger partial charge in [-0.2, -0.15) is 5.10 Å². The summed E-state index contributed by atoms with van der Waals surface area (Å²) < 4.78 is 0. The molecule has 0 aliphatic rings. The normalized spacial score (nSPS) is 10.6. The Morgan fingerprint density at radius 1 is 1.50 bits per heavy atom. The Labute approximate surface area is 85.1 Å². The Balaban J connectivity index is 3.02. The van der Waals surface area contributed by atoms with Crippen molar-refractivity contribution in [3.8, 4) is 0 Å². The molecule has 0 spiro atoms. The Bertz CT molecular complexity index is 285. The summed E-state index contributed by atoms with van der Waals surface area (Å²) in [7, 11) is 0. The van der Waals surface area contributed by atoms with Crippen LogP contribution in [0.5, 0.6) is 0 Å². The van der Waals surface area contributed by atoms with Crippen LogP contribution in [0.2, 0.25) is 0 Å². The predicted molar refractivity (Wildman–Crippen MR) is 58.1 cm³/mol. The molecule has 1 aromatic heterocycles. The molecule has 1 rings (SSSR count). The van der Waals surface area contributed by atoms with E-state index in [2.05, 4.69) is 35.9 Å². The number of hydrogen-bond acceptors (Lipinski definition) is 4. The molecule has 0 atom stereocenters. The van der Waals surface area contributed by atoms with Gasteiger partial charge in [-0.1, -0.05) is 0 Å². The molecule has 0 aliphatic heterocycles. The van der Waals surface area contributed by atoms with Crippen molar-refractivity contribution >= 4 is 5.82 Å². The SMILES string of the molecule is CCN(c1nnccc1CN)C(C)C. The first kappa shape index (κ1) is 10.9. The summed E-state index contributed by atoms with van der Waals surface area (Å²) in [5.74, 6) is 0.910. The molecule has 14 heavy (non-hydrogen) atoms. The zero-order valence-corrected chi connectivity index (χ0v) is 9.07. The number of anilines is 1. The summed E-state index contributed by atoms with van der Waals surface area (Å²) in [6.07, 6.45) is 1.68. The topological polar surface area (TPSA) is 55.0 Å². The first-order chi connectivity index (χ1) is 6.70. The maximum absolute atomic E-state index is 5.65. The van der Waals surface area contributed by atoms with E-state index < -0.39 is 0 Å². The Morgan fingerprint density at radius 3 is 2.71 bits per heavy atom. The third kappa shape index (κ3) is 2.20. The van der Waals surface area contributed by atoms with Crippen LogP contribution in [0.1, 0.15) is 26.3 Å². The molecule has 4 nitrogen and oxygen atoms in total. The first-order valence-corrected chi connectivity index (χ1v) is 4.98. The standard InChI is InChI=1S/C10H18N4/c1-4-14(8(2)3)10-9(7-11)5-6-12-13-10/h5-6,8H,4,7,11H2,1-3H3. The average Bonchev–Trinajstić information content (AvgIpc) is 2.19. The van der Waals surface area contributed by atoms with Crippen molar-refractivity contribution in [3.05, 3.63) is 17.8 Å². The fourth-order valence-electron chi connectivity index (χ4n) is 1.51. The summed E-state index contributed by atoms with van der Waals surface area (Å²) >= 11 is 0. The molecule has 0 aromatic carbocycles. The van der Waals surface area contributed by atoms with E-state index in [0.29, 0.717) is 12.6 Å². The van der Waals surface area contributed by atoms with Crippen LogP contribution in [0.4, 0.5) is 5.82 Å². The highest BCUT2D eigenvalue weighted by molar-refractivity contribution is 5.46. The Kier molecular flexibility index (Phi) is 3.83. The summed E-state index contributed by atoms with van der Waals surface area (Å²) in [5, 5.41) is 8.04. The van der Waals surface area contributed by atoms with Gasteiger partial charge in [-0.15, -0.1) is 5.10 Å². The van der Waals surface area contributed by atoms with Crippen LogP contribution in [0.15, 0.2) is 12.3 Å². The molecule has 0 saturated heterocycles. The van der Waals surface area contributed by atoms with Gasteiger partial charge in [0.15, 0.2) is 5.82 Å². The molecule has 0 bridgehead atoms. The van der Waals surface area contributed by atoms with Crippen LogP contribution in [0.3, 0.4) is 0 Å². The van der Waals surface area contributed by atoms with E-state index in [0.717, 1.165) is 17.9 Å². The molecule has 0 aliphatic carbocycles. The lowest BCUT2D eigenvalue weighted by Crippen LogP contribution is -2.32. The van der Waals surface area contributed by atoms with Crippen LogP contribution in [0, 0.1) is 0 Å². The second-order valence-corrected chi connectivity index (χ2v) is 3.46. The second-order valence-electron chi connectivity index (χ2n) is 3.46. The van der Waals surface area contributed by atoms with E-state index in [-0.39, 0.29) is 0 Å². The van der Waals surface area contributed by atoms with Crippen molar-refractivity contribution in [3.63, 3.8) is 0 Å². The largest absolute Gasteiger partial charge is 0.353 e. The van der Waals surface area contributed by atoms with Crippen LogP contribution < -0.4 is 10.6 Å². The van der Waals surface area contributed by atoms with Gasteiger partial charge in [-0.25, -0.2) is 0 Å². The molecule has 0 radical (unpaired) electrons. The lowest BCUT2D eigenvalue weighted by atomic mass is 10.2. The minimum Gasteiger partial charge on any atom is -0.353 e. The Hall–Kier alpha value is -1.16. The number of nitrogens with zero attached hydrogens (tertiary/aromatic N) is 3. The van der Waals surface area contributed by atoms with Crippen molar-refractivity contribution in [1.29, 1.82) is 0 Å². The molecule has 4 heteroatoms. The summed E-state index contributed by atoms with van der Waals surface area (Å²) in [4.78, 5) is 2.19. The van der Waals surface area contributed by atoms with Crippen molar-refractivity contribution in [2.24, 2.45) is 5.73 Å². The van der Waals surface area contributed by atoms with Gasteiger partial charge in [0.1, 0.15) is 0 Å². The van der Waals surface area contributed by atoms with Crippen molar-refractivity contribution < 1.29 is 0 Å². The third-order valence-corrected chi connectivity index (χ3v) is 2.24. The van der Waals surface area contributed by atoms with E-state index >= 15 is 0 Å². The van der Waals surface area contributed by atoms with Crippen LogP contribution in [0.25, 0.3) is 0 Å². The van der Waals surface area contributed by atoms with Gasteiger partial charge in [-0.05, 0) is 26.8 Å². The van der Waals surface area contributed by atoms with Gasteiger partial charge in [0.2, 0.25) is 0 Å². The van der Waals surface area contributed by atoms with E-state index in [1.54, 1.807) is 6.20 Å². The van der Waals surface area contributed by atoms with Crippen molar-refractivity contribution in [1.82, 2.24) is 10.2 Å². The fourth-order valence-corrected chi connectivity index (χ4v) is 1.51. The van der Waals surface area contributed by atoms with Gasteiger partial charge in [0.05, 0.1) is 6.20 Å². The van der Waals surface area contributed by atoms with Gasteiger partial charge >= 0.3 is 0 Å². The minimum atomic E-state index is 0.419. The van der Waals surface area contributed by atoms with E-state index in [1.165, 1.54) is 0 Å². The van der Waals surface area contributed by atoms with E-state index in [1.807, 2.05) is 6.07 Å². The molecule has 0 saturated carbocycles.